The first-order chi connectivity index (χ1) is 7.38. The van der Waals surface area contributed by atoms with Crippen LogP contribution in [0.5, 0.6) is 0 Å². The van der Waals surface area contributed by atoms with Crippen molar-refractivity contribution in [3.05, 3.63) is 41.3 Å². The van der Waals surface area contributed by atoms with Crippen LogP contribution >= 0.6 is 0 Å². The molecule has 0 radical (unpaired) electrons. The molecule has 0 saturated carbocycles. The number of hydrogen-bond acceptors (Lipinski definition) is 1. The molecule has 0 aliphatic heterocycles. The van der Waals surface area contributed by atoms with E-state index >= 15 is 0 Å². The van der Waals surface area contributed by atoms with E-state index in [-0.39, 0.29) is 0 Å². The maximum atomic E-state index is 5.39. The number of terminal acetylenes is 1. The maximum Gasteiger partial charge on any atom is 0.0929 e. The number of aromatic amines is 1. The fourth-order valence-corrected chi connectivity index (χ4v) is 2.12. The molecule has 3 rings (SSSR count). The van der Waals surface area contributed by atoms with Crippen molar-refractivity contribution >= 4 is 0 Å². The summed E-state index contributed by atoms with van der Waals surface area (Å²) in [4.78, 5) is 7.52. The molecule has 2 heteroatoms. The van der Waals surface area contributed by atoms with Gasteiger partial charge in [0.2, 0.25) is 0 Å². The number of aromatic nitrogens is 2. The molecule has 1 aromatic carbocycles. The predicted molar refractivity (Wildman–Crippen MR) is 59.4 cm³/mol. The van der Waals surface area contributed by atoms with E-state index < -0.39 is 0 Å². The zero-order valence-electron chi connectivity index (χ0n) is 8.25. The second kappa shape index (κ2) is 2.99. The molecule has 0 unspecified atom stereocenters. The summed E-state index contributed by atoms with van der Waals surface area (Å²) in [5.74, 6) is 2.67. The minimum atomic E-state index is 0.952. The summed E-state index contributed by atoms with van der Waals surface area (Å²) in [6.07, 6.45) is 9.21. The Morgan fingerprint density at radius 3 is 3.13 bits per heavy atom. The van der Waals surface area contributed by atoms with E-state index in [9.17, 15) is 0 Å². The van der Waals surface area contributed by atoms with Gasteiger partial charge in [-0.05, 0) is 30.5 Å². The molecule has 2 nitrogen and oxygen atoms in total. The molecule has 72 valence electrons. The van der Waals surface area contributed by atoms with Gasteiger partial charge in [0, 0.05) is 16.8 Å². The van der Waals surface area contributed by atoms with Gasteiger partial charge in [-0.3, -0.25) is 0 Å². The first-order valence-corrected chi connectivity index (χ1v) is 5.00. The van der Waals surface area contributed by atoms with E-state index in [2.05, 4.69) is 28.0 Å². The van der Waals surface area contributed by atoms with Crippen LogP contribution in [0.3, 0.4) is 0 Å². The van der Waals surface area contributed by atoms with Crippen LogP contribution in [0.1, 0.15) is 16.8 Å². The SMILES string of the molecule is C#Cc1ccc2c(c1)CCc1[nH]cnc1-2. The van der Waals surface area contributed by atoms with Crippen molar-refractivity contribution in [3.8, 4) is 23.6 Å². The lowest BCUT2D eigenvalue weighted by molar-refractivity contribution is 0.908. The molecule has 1 heterocycles. The largest absolute Gasteiger partial charge is 0.348 e. The van der Waals surface area contributed by atoms with Crippen LogP contribution in [0, 0.1) is 12.3 Å². The second-order valence-corrected chi connectivity index (χ2v) is 3.75. The summed E-state index contributed by atoms with van der Waals surface area (Å²) in [5, 5.41) is 0. The number of rotatable bonds is 0. The molecule has 2 aromatic rings. The Kier molecular flexibility index (Phi) is 1.66. The standard InChI is InChI=1S/C13H10N2/c1-2-9-3-5-11-10(7-9)4-6-12-13(11)15-8-14-12/h1,3,5,7-8H,4,6H2,(H,14,15). The molecule has 0 amide bonds. The summed E-state index contributed by atoms with van der Waals surface area (Å²) in [5.41, 5.74) is 5.80. The smallest absolute Gasteiger partial charge is 0.0929 e. The number of fused-ring (bicyclic) bond motifs is 3. The van der Waals surface area contributed by atoms with Gasteiger partial charge in [0.05, 0.1) is 12.0 Å². The van der Waals surface area contributed by atoms with Crippen molar-refractivity contribution < 1.29 is 0 Å². The normalized spacial score (nSPS) is 12.7. The van der Waals surface area contributed by atoms with E-state index in [4.69, 9.17) is 6.42 Å². The lowest BCUT2D eigenvalue weighted by Crippen LogP contribution is -2.03. The highest BCUT2D eigenvalue weighted by Gasteiger charge is 2.17. The van der Waals surface area contributed by atoms with Gasteiger partial charge in [0.15, 0.2) is 0 Å². The number of H-pyrrole nitrogens is 1. The number of imidazole rings is 1. The Morgan fingerprint density at radius 2 is 2.27 bits per heavy atom. The molecule has 0 saturated heterocycles. The molecule has 0 fully saturated rings. The second-order valence-electron chi connectivity index (χ2n) is 3.75. The zero-order valence-corrected chi connectivity index (χ0v) is 8.25. The number of hydrogen-bond donors (Lipinski definition) is 1. The Morgan fingerprint density at radius 1 is 1.33 bits per heavy atom. The molecule has 0 atom stereocenters. The molecule has 0 bridgehead atoms. The van der Waals surface area contributed by atoms with Gasteiger partial charge in [0.1, 0.15) is 0 Å². The first-order valence-electron chi connectivity index (χ1n) is 5.00. The van der Waals surface area contributed by atoms with Crippen molar-refractivity contribution in [3.63, 3.8) is 0 Å². The van der Waals surface area contributed by atoms with Crippen LogP contribution in [0.4, 0.5) is 0 Å². The monoisotopic (exact) mass is 194 g/mol. The fourth-order valence-electron chi connectivity index (χ4n) is 2.12. The summed E-state index contributed by atoms with van der Waals surface area (Å²) < 4.78 is 0. The number of benzene rings is 1. The molecule has 1 aromatic heterocycles. The van der Waals surface area contributed by atoms with Gasteiger partial charge in [-0.15, -0.1) is 6.42 Å². The van der Waals surface area contributed by atoms with Crippen molar-refractivity contribution in [1.29, 1.82) is 0 Å². The Labute approximate surface area is 88.4 Å². The number of aryl methyl sites for hydroxylation is 2. The van der Waals surface area contributed by atoms with Gasteiger partial charge in [-0.1, -0.05) is 12.0 Å². The summed E-state index contributed by atoms with van der Waals surface area (Å²) in [6.45, 7) is 0. The Bertz CT molecular complexity index is 558. The predicted octanol–water partition coefficient (Wildman–Crippen LogP) is 2.16. The Balaban J connectivity index is 2.23. The average Bonchev–Trinajstić information content (AvgIpc) is 2.76. The molecule has 1 N–H and O–H groups in total. The third-order valence-electron chi connectivity index (χ3n) is 2.89. The number of nitrogens with one attached hydrogen (secondary N) is 1. The van der Waals surface area contributed by atoms with E-state index in [1.807, 2.05) is 6.07 Å². The van der Waals surface area contributed by atoms with Crippen molar-refractivity contribution in [1.82, 2.24) is 9.97 Å². The molecular formula is C13H10N2. The van der Waals surface area contributed by atoms with Gasteiger partial charge < -0.3 is 4.98 Å². The van der Waals surface area contributed by atoms with Crippen LogP contribution < -0.4 is 0 Å². The lowest BCUT2D eigenvalue weighted by atomic mass is 9.91. The van der Waals surface area contributed by atoms with Crippen LogP contribution in [0.2, 0.25) is 0 Å². The summed E-state index contributed by atoms with van der Waals surface area (Å²) in [7, 11) is 0. The zero-order chi connectivity index (χ0) is 10.3. The highest BCUT2D eigenvalue weighted by Crippen LogP contribution is 2.31. The lowest BCUT2D eigenvalue weighted by Gasteiger charge is -2.15. The molecule has 0 spiro atoms. The van der Waals surface area contributed by atoms with E-state index in [0.717, 1.165) is 24.1 Å². The van der Waals surface area contributed by atoms with Crippen LogP contribution in [0.25, 0.3) is 11.3 Å². The summed E-state index contributed by atoms with van der Waals surface area (Å²) in [6, 6.07) is 6.14. The third-order valence-corrected chi connectivity index (χ3v) is 2.89. The molecular weight excluding hydrogens is 184 g/mol. The van der Waals surface area contributed by atoms with Gasteiger partial charge in [0.25, 0.3) is 0 Å². The van der Waals surface area contributed by atoms with Crippen LogP contribution in [-0.4, -0.2) is 9.97 Å². The highest BCUT2D eigenvalue weighted by molar-refractivity contribution is 5.69. The van der Waals surface area contributed by atoms with Gasteiger partial charge in [-0.2, -0.15) is 0 Å². The average molecular weight is 194 g/mol. The van der Waals surface area contributed by atoms with Gasteiger partial charge >= 0.3 is 0 Å². The Hall–Kier alpha value is -2.01. The molecule has 1 aliphatic carbocycles. The topological polar surface area (TPSA) is 28.7 Å². The van der Waals surface area contributed by atoms with E-state index in [0.29, 0.717) is 0 Å². The fraction of sp³-hybridized carbons (Fsp3) is 0.154. The van der Waals surface area contributed by atoms with Crippen LogP contribution in [-0.2, 0) is 12.8 Å². The maximum absolute atomic E-state index is 5.39. The van der Waals surface area contributed by atoms with Gasteiger partial charge in [-0.25, -0.2) is 4.98 Å². The quantitative estimate of drug-likeness (QED) is 0.640. The minimum Gasteiger partial charge on any atom is -0.348 e. The van der Waals surface area contributed by atoms with E-state index in [1.165, 1.54) is 16.8 Å². The van der Waals surface area contributed by atoms with E-state index in [1.54, 1.807) is 6.33 Å². The van der Waals surface area contributed by atoms with Crippen molar-refractivity contribution in [2.75, 3.05) is 0 Å². The third kappa shape index (κ3) is 1.17. The van der Waals surface area contributed by atoms with Crippen molar-refractivity contribution in [2.45, 2.75) is 12.8 Å². The first kappa shape index (κ1) is 8.31. The number of nitrogens with zero attached hydrogens (tertiary/aromatic N) is 1. The van der Waals surface area contributed by atoms with Crippen molar-refractivity contribution in [2.24, 2.45) is 0 Å². The minimum absolute atomic E-state index is 0.952. The van der Waals surface area contributed by atoms with Crippen LogP contribution in [0.15, 0.2) is 24.5 Å². The molecule has 1 aliphatic rings. The highest BCUT2D eigenvalue weighted by atomic mass is 14.9. The molecule has 15 heavy (non-hydrogen) atoms. The summed E-state index contributed by atoms with van der Waals surface area (Å²) >= 11 is 0.